The van der Waals surface area contributed by atoms with Gasteiger partial charge >= 0.3 is 0 Å². The van der Waals surface area contributed by atoms with E-state index in [0.717, 1.165) is 13.0 Å². The number of nitrogens with zero attached hydrogens (tertiary/aromatic N) is 2. The smallest absolute Gasteiger partial charge is 0.222 e. The summed E-state index contributed by atoms with van der Waals surface area (Å²) in [5, 5.41) is 3.62. The molecule has 78 valence electrons. The first kappa shape index (κ1) is 11.0. The first-order chi connectivity index (χ1) is 6.59. The molecule has 4 nitrogen and oxygen atoms in total. The van der Waals surface area contributed by atoms with Gasteiger partial charge in [-0.05, 0) is 12.3 Å². The summed E-state index contributed by atoms with van der Waals surface area (Å²) in [6.45, 7) is 5.17. The van der Waals surface area contributed by atoms with Crippen LogP contribution < -0.4 is 11.1 Å². The molecular formula is C9H15ClN4. The molecule has 0 aliphatic heterocycles. The van der Waals surface area contributed by atoms with Crippen molar-refractivity contribution in [3.63, 3.8) is 0 Å². The monoisotopic (exact) mass is 214 g/mol. The van der Waals surface area contributed by atoms with Gasteiger partial charge in [-0.1, -0.05) is 25.4 Å². The van der Waals surface area contributed by atoms with Crippen molar-refractivity contribution in [3.8, 4) is 0 Å². The van der Waals surface area contributed by atoms with Crippen molar-refractivity contribution in [3.05, 3.63) is 11.2 Å². The first-order valence-corrected chi connectivity index (χ1v) is 4.99. The van der Waals surface area contributed by atoms with Crippen LogP contribution in [0.3, 0.4) is 0 Å². The highest BCUT2D eigenvalue weighted by atomic mass is 35.5. The van der Waals surface area contributed by atoms with Gasteiger partial charge in [-0.2, -0.15) is 4.98 Å². The van der Waals surface area contributed by atoms with Crippen molar-refractivity contribution in [2.24, 2.45) is 5.92 Å². The summed E-state index contributed by atoms with van der Waals surface area (Å²) < 4.78 is 0. The largest absolute Gasteiger partial charge is 0.369 e. The van der Waals surface area contributed by atoms with Crippen molar-refractivity contribution in [1.82, 2.24) is 9.97 Å². The van der Waals surface area contributed by atoms with Crippen molar-refractivity contribution in [2.45, 2.75) is 20.3 Å². The lowest BCUT2D eigenvalue weighted by molar-refractivity contribution is 0.606. The Hall–Kier alpha value is -1.03. The molecule has 1 rings (SSSR count). The van der Waals surface area contributed by atoms with Crippen LogP contribution in [0.4, 0.5) is 11.8 Å². The fourth-order valence-electron chi connectivity index (χ4n) is 0.984. The molecule has 0 radical (unpaired) electrons. The normalized spacial score (nSPS) is 10.6. The number of nitrogen functional groups attached to an aromatic ring is 1. The summed E-state index contributed by atoms with van der Waals surface area (Å²) in [5.41, 5.74) is 5.44. The molecule has 1 aromatic rings. The van der Waals surface area contributed by atoms with Gasteiger partial charge in [-0.15, -0.1) is 0 Å². The molecule has 0 bridgehead atoms. The van der Waals surface area contributed by atoms with Crippen LogP contribution in [0.15, 0.2) is 6.20 Å². The predicted octanol–water partition coefficient (Wildman–Crippen LogP) is 2.17. The van der Waals surface area contributed by atoms with Gasteiger partial charge in [0.15, 0.2) is 0 Å². The van der Waals surface area contributed by atoms with Gasteiger partial charge in [0, 0.05) is 6.54 Å². The van der Waals surface area contributed by atoms with Gasteiger partial charge < -0.3 is 11.1 Å². The number of hydrogen-bond donors (Lipinski definition) is 2. The lowest BCUT2D eigenvalue weighted by atomic mass is 10.1. The zero-order valence-electron chi connectivity index (χ0n) is 8.42. The van der Waals surface area contributed by atoms with E-state index in [9.17, 15) is 0 Å². The van der Waals surface area contributed by atoms with Gasteiger partial charge in [0.2, 0.25) is 5.95 Å². The van der Waals surface area contributed by atoms with E-state index < -0.39 is 0 Å². The van der Waals surface area contributed by atoms with Crippen LogP contribution in [0.25, 0.3) is 0 Å². The fourth-order valence-corrected chi connectivity index (χ4v) is 1.14. The van der Waals surface area contributed by atoms with Gasteiger partial charge in [-0.3, -0.25) is 0 Å². The SMILES string of the molecule is CC(C)CCNc1nc(N)ncc1Cl. The minimum atomic E-state index is 0.237. The second kappa shape index (κ2) is 5.00. The maximum absolute atomic E-state index is 5.87. The minimum absolute atomic E-state index is 0.237. The Bertz CT molecular complexity index is 301. The van der Waals surface area contributed by atoms with Crippen molar-refractivity contribution < 1.29 is 0 Å². The topological polar surface area (TPSA) is 63.8 Å². The summed E-state index contributed by atoms with van der Waals surface area (Å²) >= 11 is 5.87. The molecule has 1 heterocycles. The van der Waals surface area contributed by atoms with Gasteiger partial charge in [0.1, 0.15) is 10.8 Å². The van der Waals surface area contributed by atoms with Crippen molar-refractivity contribution in [2.75, 3.05) is 17.6 Å². The second-order valence-corrected chi connectivity index (χ2v) is 3.94. The lowest BCUT2D eigenvalue weighted by Gasteiger charge is -2.08. The molecule has 0 atom stereocenters. The number of nitrogens with one attached hydrogen (secondary N) is 1. The number of rotatable bonds is 4. The molecule has 5 heteroatoms. The van der Waals surface area contributed by atoms with E-state index in [0.29, 0.717) is 16.8 Å². The average molecular weight is 215 g/mol. The van der Waals surface area contributed by atoms with Crippen molar-refractivity contribution >= 4 is 23.4 Å². The minimum Gasteiger partial charge on any atom is -0.369 e. The molecule has 0 unspecified atom stereocenters. The fraction of sp³-hybridized carbons (Fsp3) is 0.556. The third-order valence-corrected chi connectivity index (χ3v) is 2.05. The van der Waals surface area contributed by atoms with E-state index in [2.05, 4.69) is 29.1 Å². The van der Waals surface area contributed by atoms with Crippen LogP contribution in [0.2, 0.25) is 5.02 Å². The van der Waals surface area contributed by atoms with Crippen LogP contribution in [0, 0.1) is 5.92 Å². The highest BCUT2D eigenvalue weighted by Crippen LogP contribution is 2.18. The third kappa shape index (κ3) is 3.38. The molecule has 0 fully saturated rings. The Morgan fingerprint density at radius 3 is 2.93 bits per heavy atom. The van der Waals surface area contributed by atoms with Gasteiger partial charge in [0.05, 0.1) is 6.20 Å². The Labute approximate surface area is 88.9 Å². The van der Waals surface area contributed by atoms with E-state index >= 15 is 0 Å². The molecular weight excluding hydrogens is 200 g/mol. The Kier molecular flexibility index (Phi) is 3.95. The van der Waals surface area contributed by atoms with Gasteiger partial charge in [-0.25, -0.2) is 4.98 Å². The summed E-state index contributed by atoms with van der Waals surface area (Å²) in [6.07, 6.45) is 2.57. The summed E-state index contributed by atoms with van der Waals surface area (Å²) in [7, 11) is 0. The van der Waals surface area contributed by atoms with Crippen LogP contribution in [-0.4, -0.2) is 16.5 Å². The molecule has 14 heavy (non-hydrogen) atoms. The number of hydrogen-bond acceptors (Lipinski definition) is 4. The zero-order valence-corrected chi connectivity index (χ0v) is 9.17. The number of aromatic nitrogens is 2. The highest BCUT2D eigenvalue weighted by Gasteiger charge is 2.02. The zero-order chi connectivity index (χ0) is 10.6. The third-order valence-electron chi connectivity index (χ3n) is 1.78. The molecule has 0 aliphatic carbocycles. The van der Waals surface area contributed by atoms with Crippen molar-refractivity contribution in [1.29, 1.82) is 0 Å². The van der Waals surface area contributed by atoms with Crippen LogP contribution in [-0.2, 0) is 0 Å². The molecule has 0 saturated heterocycles. The van der Waals surface area contributed by atoms with Crippen LogP contribution in [0.5, 0.6) is 0 Å². The summed E-state index contributed by atoms with van der Waals surface area (Å²) in [4.78, 5) is 7.77. The molecule has 1 aromatic heterocycles. The predicted molar refractivity (Wildman–Crippen MR) is 59.4 cm³/mol. The molecule has 0 saturated carbocycles. The molecule has 0 amide bonds. The standard InChI is InChI=1S/C9H15ClN4/c1-6(2)3-4-12-8-7(10)5-13-9(11)14-8/h5-6H,3-4H2,1-2H3,(H3,11,12,13,14). The van der Waals surface area contributed by atoms with Gasteiger partial charge in [0.25, 0.3) is 0 Å². The molecule has 0 spiro atoms. The lowest BCUT2D eigenvalue weighted by Crippen LogP contribution is -2.08. The Balaban J connectivity index is 2.53. The van der Waals surface area contributed by atoms with E-state index in [1.54, 1.807) is 0 Å². The second-order valence-electron chi connectivity index (χ2n) is 3.53. The molecule has 0 aliphatic rings. The molecule has 3 N–H and O–H groups in total. The summed E-state index contributed by atoms with van der Waals surface area (Å²) in [5.74, 6) is 1.50. The Morgan fingerprint density at radius 2 is 2.29 bits per heavy atom. The maximum Gasteiger partial charge on any atom is 0.222 e. The highest BCUT2D eigenvalue weighted by molar-refractivity contribution is 6.32. The summed E-state index contributed by atoms with van der Waals surface area (Å²) in [6, 6.07) is 0. The Morgan fingerprint density at radius 1 is 1.57 bits per heavy atom. The van der Waals surface area contributed by atoms with Crippen LogP contribution >= 0.6 is 11.6 Å². The maximum atomic E-state index is 5.87. The number of halogens is 1. The van der Waals surface area contributed by atoms with E-state index in [1.807, 2.05) is 0 Å². The van der Waals surface area contributed by atoms with Crippen LogP contribution in [0.1, 0.15) is 20.3 Å². The van der Waals surface area contributed by atoms with E-state index in [-0.39, 0.29) is 5.95 Å². The van der Waals surface area contributed by atoms with E-state index in [4.69, 9.17) is 17.3 Å². The average Bonchev–Trinajstić information content (AvgIpc) is 2.10. The molecule has 0 aromatic carbocycles. The first-order valence-electron chi connectivity index (χ1n) is 4.61. The quantitative estimate of drug-likeness (QED) is 0.807. The number of anilines is 2. The number of nitrogens with two attached hydrogens (primary N) is 1. The van der Waals surface area contributed by atoms with E-state index in [1.165, 1.54) is 6.20 Å².